The monoisotopic (exact) mass is 637 g/mol. The lowest BCUT2D eigenvalue weighted by molar-refractivity contribution is -0.177. The summed E-state index contributed by atoms with van der Waals surface area (Å²) in [6.07, 6.45) is 10.3. The Morgan fingerprint density at radius 1 is 0.935 bits per heavy atom. The van der Waals surface area contributed by atoms with Crippen molar-refractivity contribution in [3.63, 3.8) is 0 Å². The van der Waals surface area contributed by atoms with E-state index in [2.05, 4.69) is 59.7 Å². The number of hydrogen-bond acceptors (Lipinski definition) is 5. The number of halogens is 2. The molecule has 1 aromatic carbocycles. The van der Waals surface area contributed by atoms with Crippen LogP contribution in [-0.2, 0) is 25.8 Å². The molecule has 0 amide bonds. The van der Waals surface area contributed by atoms with Crippen LogP contribution in [0.2, 0.25) is 0 Å². The molecule has 0 bridgehead atoms. The zero-order chi connectivity index (χ0) is 33.5. The molecular weight excluding hydrogens is 584 g/mol. The van der Waals surface area contributed by atoms with E-state index >= 15 is 0 Å². The number of carbonyl (C=O) groups excluding carboxylic acids is 2. The number of rotatable bonds is 5. The van der Waals surface area contributed by atoms with Crippen LogP contribution in [0.4, 0.5) is 8.78 Å². The maximum atomic E-state index is 14.7. The number of fused-ring (bicyclic) bond motifs is 7. The van der Waals surface area contributed by atoms with Crippen molar-refractivity contribution in [2.24, 2.45) is 55.4 Å². The summed E-state index contributed by atoms with van der Waals surface area (Å²) in [5.74, 6) is -0.784. The molecule has 6 rings (SSSR count). The first-order chi connectivity index (χ1) is 21.4. The standard InChI is InChI=1S/C39H53F2NO4/c1-9-45-33(44)36(5)15-14-35(4)16-17-38(7)27(28(35)22-36)21-29(43)32-37(6)12-11-31(34(2,3)30(37)10-13-39(32,38)8)42-46-23-24-18-25(40)20-26(41)19-24/h18-21,28,30,32H,9-17,22-23H2,1-8H3/b42-31+/t28-,30-,32+,35+,36-,37-,38+,39+/m0/s1. The van der Waals surface area contributed by atoms with Crippen molar-refractivity contribution >= 4 is 17.5 Å². The maximum Gasteiger partial charge on any atom is 0.311 e. The van der Waals surface area contributed by atoms with E-state index in [1.807, 2.05) is 6.92 Å². The number of hydrogen-bond donors (Lipinski definition) is 0. The number of ketones is 1. The van der Waals surface area contributed by atoms with Gasteiger partial charge in [-0.05, 0) is 129 Å². The van der Waals surface area contributed by atoms with Gasteiger partial charge in [0.2, 0.25) is 0 Å². The van der Waals surface area contributed by atoms with Gasteiger partial charge < -0.3 is 9.57 Å². The van der Waals surface area contributed by atoms with Crippen LogP contribution in [0.3, 0.4) is 0 Å². The second-order valence-electron chi connectivity index (χ2n) is 17.3. The Kier molecular flexibility index (Phi) is 7.96. The quantitative estimate of drug-likeness (QED) is 0.238. The van der Waals surface area contributed by atoms with Crippen molar-refractivity contribution in [3.8, 4) is 0 Å². The van der Waals surface area contributed by atoms with Crippen LogP contribution in [0.15, 0.2) is 35.0 Å². The van der Waals surface area contributed by atoms with E-state index in [9.17, 15) is 18.4 Å². The van der Waals surface area contributed by atoms with E-state index < -0.39 is 17.0 Å². The number of benzene rings is 1. The molecule has 0 heterocycles. The van der Waals surface area contributed by atoms with Crippen molar-refractivity contribution in [1.82, 2.24) is 0 Å². The van der Waals surface area contributed by atoms with Gasteiger partial charge in [0.25, 0.3) is 0 Å². The molecule has 0 saturated heterocycles. The number of nitrogens with zero attached hydrogens (tertiary/aromatic N) is 1. The topological polar surface area (TPSA) is 65.0 Å². The predicted octanol–water partition coefficient (Wildman–Crippen LogP) is 9.38. The molecule has 8 atom stereocenters. The average Bonchev–Trinajstić information content (AvgIpc) is 2.96. The maximum absolute atomic E-state index is 14.7. The fourth-order valence-corrected chi connectivity index (χ4v) is 11.5. The number of allylic oxidation sites excluding steroid dienone is 2. The van der Waals surface area contributed by atoms with Gasteiger partial charge in [0.1, 0.15) is 18.2 Å². The third-order valence-corrected chi connectivity index (χ3v) is 14.5. The average molecular weight is 638 g/mol. The molecule has 4 fully saturated rings. The van der Waals surface area contributed by atoms with Crippen LogP contribution >= 0.6 is 0 Å². The van der Waals surface area contributed by atoms with E-state index in [0.717, 1.165) is 63.1 Å². The Morgan fingerprint density at radius 2 is 1.61 bits per heavy atom. The van der Waals surface area contributed by atoms with Crippen molar-refractivity contribution in [2.75, 3.05) is 6.61 Å². The molecule has 1 aromatic rings. The number of ether oxygens (including phenoxy) is 1. The third-order valence-electron chi connectivity index (χ3n) is 14.5. The van der Waals surface area contributed by atoms with E-state index in [4.69, 9.17) is 9.57 Å². The summed E-state index contributed by atoms with van der Waals surface area (Å²) < 4.78 is 33.0. The molecule has 7 heteroatoms. The smallest absolute Gasteiger partial charge is 0.311 e. The highest BCUT2D eigenvalue weighted by Gasteiger charge is 2.70. The van der Waals surface area contributed by atoms with Gasteiger partial charge in [-0.2, -0.15) is 0 Å². The summed E-state index contributed by atoms with van der Waals surface area (Å²) in [5, 5.41) is 4.56. The highest BCUT2D eigenvalue weighted by atomic mass is 19.1. The molecule has 5 aliphatic carbocycles. The lowest BCUT2D eigenvalue weighted by Gasteiger charge is -2.70. The van der Waals surface area contributed by atoms with Crippen LogP contribution < -0.4 is 0 Å². The van der Waals surface area contributed by atoms with Gasteiger partial charge >= 0.3 is 5.97 Å². The summed E-state index contributed by atoms with van der Waals surface area (Å²) in [6.45, 7) is 18.3. The molecule has 0 unspecified atom stereocenters. The number of carbonyl (C=O) groups is 2. The van der Waals surface area contributed by atoms with Gasteiger partial charge in [0.05, 0.1) is 17.7 Å². The molecule has 5 nitrogen and oxygen atoms in total. The van der Waals surface area contributed by atoms with Gasteiger partial charge in [-0.1, -0.05) is 52.3 Å². The predicted molar refractivity (Wildman–Crippen MR) is 175 cm³/mol. The Morgan fingerprint density at radius 3 is 2.28 bits per heavy atom. The molecular formula is C39H53F2NO4. The van der Waals surface area contributed by atoms with Crippen LogP contribution in [0, 0.1) is 61.9 Å². The molecule has 0 aromatic heterocycles. The first-order valence-electron chi connectivity index (χ1n) is 17.5. The van der Waals surface area contributed by atoms with E-state index in [1.54, 1.807) is 0 Å². The second-order valence-corrected chi connectivity index (χ2v) is 17.3. The van der Waals surface area contributed by atoms with Crippen molar-refractivity contribution in [3.05, 3.63) is 47.0 Å². The fourth-order valence-electron chi connectivity index (χ4n) is 11.5. The molecule has 4 saturated carbocycles. The SMILES string of the molecule is CCOC(=O)[C@@]1(C)CC[C@]2(C)CC[C@]3(C)C(=CC(=O)[C@@H]4[C@@]5(C)CC/C(=N\OCc6cc(F)cc(F)c6)C(C)(C)[C@@H]5CC[C@]43C)[C@@H]2C1. The summed E-state index contributed by atoms with van der Waals surface area (Å²) in [4.78, 5) is 33.6. The first kappa shape index (κ1) is 33.3. The van der Waals surface area contributed by atoms with Gasteiger partial charge in [0, 0.05) is 17.4 Å². The Hall–Kier alpha value is -2.57. The second kappa shape index (κ2) is 11.0. The highest BCUT2D eigenvalue weighted by molar-refractivity contribution is 5.97. The van der Waals surface area contributed by atoms with Gasteiger partial charge in [-0.15, -0.1) is 0 Å². The zero-order valence-corrected chi connectivity index (χ0v) is 29.2. The molecule has 46 heavy (non-hydrogen) atoms. The van der Waals surface area contributed by atoms with E-state index in [0.29, 0.717) is 18.6 Å². The summed E-state index contributed by atoms with van der Waals surface area (Å²) in [6, 6.07) is 3.39. The van der Waals surface area contributed by atoms with Crippen LogP contribution in [-0.4, -0.2) is 24.1 Å². The largest absolute Gasteiger partial charge is 0.466 e. The zero-order valence-electron chi connectivity index (χ0n) is 29.2. The molecule has 0 spiro atoms. The van der Waals surface area contributed by atoms with Crippen molar-refractivity contribution in [2.45, 2.75) is 120 Å². The first-order valence-corrected chi connectivity index (χ1v) is 17.5. The molecule has 5 aliphatic rings. The fraction of sp³-hybridized carbons (Fsp3) is 0.718. The van der Waals surface area contributed by atoms with Crippen LogP contribution in [0.1, 0.15) is 119 Å². The van der Waals surface area contributed by atoms with Gasteiger partial charge in [0.15, 0.2) is 5.78 Å². The summed E-state index contributed by atoms with van der Waals surface area (Å²) in [7, 11) is 0. The van der Waals surface area contributed by atoms with Crippen molar-refractivity contribution in [1.29, 1.82) is 0 Å². The molecule has 0 aliphatic heterocycles. The van der Waals surface area contributed by atoms with Gasteiger partial charge in [-0.25, -0.2) is 8.78 Å². The Bertz CT molecular complexity index is 1480. The Balaban J connectivity index is 1.30. The molecule has 0 N–H and O–H groups in total. The van der Waals surface area contributed by atoms with Gasteiger partial charge in [-0.3, -0.25) is 9.59 Å². The minimum absolute atomic E-state index is 0.00337. The molecule has 0 radical (unpaired) electrons. The number of oxime groups is 1. The molecule has 252 valence electrons. The lowest BCUT2D eigenvalue weighted by atomic mass is 9.33. The highest BCUT2D eigenvalue weighted by Crippen LogP contribution is 2.75. The normalized spacial score (nSPS) is 42.2. The summed E-state index contributed by atoms with van der Waals surface area (Å²) in [5.41, 5.74) is 1.37. The van der Waals surface area contributed by atoms with Crippen LogP contribution in [0.25, 0.3) is 0 Å². The third kappa shape index (κ3) is 4.83. The number of esters is 1. The lowest BCUT2D eigenvalue weighted by Crippen LogP contribution is -2.66. The van der Waals surface area contributed by atoms with Crippen molar-refractivity contribution < 1.29 is 27.9 Å². The minimum atomic E-state index is -0.632. The Labute approximate surface area is 273 Å². The summed E-state index contributed by atoms with van der Waals surface area (Å²) >= 11 is 0. The minimum Gasteiger partial charge on any atom is -0.466 e. The van der Waals surface area contributed by atoms with E-state index in [-0.39, 0.29) is 63.2 Å². The van der Waals surface area contributed by atoms with E-state index in [1.165, 1.54) is 17.7 Å². The van der Waals surface area contributed by atoms with Crippen LogP contribution in [0.5, 0.6) is 0 Å².